The molecule has 0 saturated carbocycles. The summed E-state index contributed by atoms with van der Waals surface area (Å²) in [7, 11) is 0. The highest BCUT2D eigenvalue weighted by molar-refractivity contribution is 6.15. The van der Waals surface area contributed by atoms with Crippen LogP contribution in [0.1, 0.15) is 0 Å². The van der Waals surface area contributed by atoms with Crippen molar-refractivity contribution in [3.63, 3.8) is 0 Å². The van der Waals surface area contributed by atoms with E-state index in [2.05, 4.69) is 205 Å². The van der Waals surface area contributed by atoms with Gasteiger partial charge in [0.05, 0.1) is 5.69 Å². The van der Waals surface area contributed by atoms with Crippen molar-refractivity contribution < 1.29 is 0 Å². The quantitative estimate of drug-likeness (QED) is 0.168. The summed E-state index contributed by atoms with van der Waals surface area (Å²) in [4.78, 5) is 2.42. The van der Waals surface area contributed by atoms with Gasteiger partial charge in [-0.05, 0) is 113 Å². The Labute approximate surface area is 297 Å². The predicted octanol–water partition coefficient (Wildman–Crippen LogP) is 14.3. The summed E-state index contributed by atoms with van der Waals surface area (Å²) in [6.07, 6.45) is 0. The third-order valence-electron chi connectivity index (χ3n) is 10.4. The number of hydrogen-bond donors (Lipinski definition) is 0. The van der Waals surface area contributed by atoms with Gasteiger partial charge in [0.1, 0.15) is 0 Å². The average molecular weight is 648 g/mol. The Morgan fingerprint density at radius 2 is 0.706 bits per heavy atom. The van der Waals surface area contributed by atoms with E-state index in [1.165, 1.54) is 76.1 Å². The Morgan fingerprint density at radius 3 is 1.35 bits per heavy atom. The lowest BCUT2D eigenvalue weighted by Crippen LogP contribution is -2.10. The zero-order valence-corrected chi connectivity index (χ0v) is 28.0. The van der Waals surface area contributed by atoms with Gasteiger partial charge in [0.15, 0.2) is 0 Å². The molecule has 10 rings (SSSR count). The first-order chi connectivity index (χ1) is 25.3. The predicted molar refractivity (Wildman–Crippen MR) is 220 cm³/mol. The molecule has 1 heteroatoms. The van der Waals surface area contributed by atoms with Crippen LogP contribution in [0.2, 0.25) is 0 Å². The van der Waals surface area contributed by atoms with Gasteiger partial charge in [0.25, 0.3) is 0 Å². The summed E-state index contributed by atoms with van der Waals surface area (Å²) in [6, 6.07) is 73.1. The van der Waals surface area contributed by atoms with Crippen molar-refractivity contribution >= 4 is 70.9 Å². The highest BCUT2D eigenvalue weighted by Crippen LogP contribution is 2.43. The molecule has 0 saturated heterocycles. The minimum absolute atomic E-state index is 1.11. The number of benzene rings is 10. The first-order valence-corrected chi connectivity index (χ1v) is 17.6. The maximum atomic E-state index is 2.42. The lowest BCUT2D eigenvalue weighted by molar-refractivity contribution is 1.30. The zero-order chi connectivity index (χ0) is 33.7. The summed E-state index contributed by atoms with van der Waals surface area (Å²) in [5.41, 5.74) is 8.26. The molecule has 0 aliphatic carbocycles. The van der Waals surface area contributed by atoms with E-state index in [0.717, 1.165) is 17.1 Å². The SMILES string of the molecule is c1ccc2cc(-c3ccc(N(c4ccc(-c5cc6ccccc6c6ccccc56)cc4)c4cc5ccccc5c5ccccc45)cc3)ccc2c1. The average Bonchev–Trinajstić information content (AvgIpc) is 3.21. The molecule has 0 N–H and O–H groups in total. The summed E-state index contributed by atoms with van der Waals surface area (Å²) in [5, 5.41) is 12.6. The molecule has 10 aromatic carbocycles. The number of fused-ring (bicyclic) bond motifs is 7. The van der Waals surface area contributed by atoms with Crippen LogP contribution >= 0.6 is 0 Å². The molecule has 238 valence electrons. The summed E-state index contributed by atoms with van der Waals surface area (Å²) in [6.45, 7) is 0. The summed E-state index contributed by atoms with van der Waals surface area (Å²) >= 11 is 0. The maximum absolute atomic E-state index is 2.42. The number of hydrogen-bond acceptors (Lipinski definition) is 1. The molecule has 0 spiro atoms. The van der Waals surface area contributed by atoms with Gasteiger partial charge < -0.3 is 4.90 Å². The van der Waals surface area contributed by atoms with E-state index in [1.54, 1.807) is 0 Å². The van der Waals surface area contributed by atoms with Gasteiger partial charge in [-0.25, -0.2) is 0 Å². The van der Waals surface area contributed by atoms with Crippen LogP contribution in [0.25, 0.3) is 76.1 Å². The Balaban J connectivity index is 1.14. The molecule has 0 bridgehead atoms. The van der Waals surface area contributed by atoms with Crippen LogP contribution in [0.5, 0.6) is 0 Å². The largest absolute Gasteiger partial charge is 0.310 e. The van der Waals surface area contributed by atoms with E-state index >= 15 is 0 Å². The van der Waals surface area contributed by atoms with Crippen molar-refractivity contribution in [1.82, 2.24) is 0 Å². The molecule has 0 unspecified atom stereocenters. The lowest BCUT2D eigenvalue weighted by Gasteiger charge is -2.28. The van der Waals surface area contributed by atoms with Crippen LogP contribution in [0.3, 0.4) is 0 Å². The van der Waals surface area contributed by atoms with Gasteiger partial charge in [-0.1, -0.05) is 158 Å². The third kappa shape index (κ3) is 5.02. The lowest BCUT2D eigenvalue weighted by atomic mass is 9.93. The number of nitrogens with zero attached hydrogens (tertiary/aromatic N) is 1. The summed E-state index contributed by atoms with van der Waals surface area (Å²) in [5.74, 6) is 0. The van der Waals surface area contributed by atoms with Gasteiger partial charge >= 0.3 is 0 Å². The van der Waals surface area contributed by atoms with Gasteiger partial charge in [-0.2, -0.15) is 0 Å². The maximum Gasteiger partial charge on any atom is 0.0546 e. The van der Waals surface area contributed by atoms with E-state index in [9.17, 15) is 0 Å². The monoisotopic (exact) mass is 647 g/mol. The van der Waals surface area contributed by atoms with Crippen molar-refractivity contribution in [1.29, 1.82) is 0 Å². The Bertz CT molecular complexity index is 2900. The molecule has 0 amide bonds. The van der Waals surface area contributed by atoms with Crippen LogP contribution in [0.15, 0.2) is 200 Å². The van der Waals surface area contributed by atoms with Crippen LogP contribution in [-0.4, -0.2) is 0 Å². The zero-order valence-electron chi connectivity index (χ0n) is 28.0. The molecule has 0 aliphatic heterocycles. The van der Waals surface area contributed by atoms with E-state index < -0.39 is 0 Å². The highest BCUT2D eigenvalue weighted by Gasteiger charge is 2.18. The second-order valence-electron chi connectivity index (χ2n) is 13.3. The van der Waals surface area contributed by atoms with Gasteiger partial charge in [0, 0.05) is 16.8 Å². The highest BCUT2D eigenvalue weighted by atomic mass is 15.1. The topological polar surface area (TPSA) is 3.24 Å². The van der Waals surface area contributed by atoms with Crippen molar-refractivity contribution in [3.8, 4) is 22.3 Å². The second kappa shape index (κ2) is 12.0. The van der Waals surface area contributed by atoms with Crippen molar-refractivity contribution in [2.75, 3.05) is 4.90 Å². The summed E-state index contributed by atoms with van der Waals surface area (Å²) < 4.78 is 0. The fourth-order valence-electron chi connectivity index (χ4n) is 7.90. The smallest absolute Gasteiger partial charge is 0.0546 e. The molecule has 0 fully saturated rings. The van der Waals surface area contributed by atoms with Crippen LogP contribution in [-0.2, 0) is 0 Å². The number of rotatable bonds is 5. The molecule has 10 aromatic rings. The molecule has 0 aromatic heterocycles. The van der Waals surface area contributed by atoms with Crippen molar-refractivity contribution in [2.24, 2.45) is 0 Å². The number of anilines is 3. The first-order valence-electron chi connectivity index (χ1n) is 17.6. The fraction of sp³-hybridized carbons (Fsp3) is 0. The molecule has 0 atom stereocenters. The first kappa shape index (κ1) is 29.2. The Morgan fingerprint density at radius 1 is 0.255 bits per heavy atom. The third-order valence-corrected chi connectivity index (χ3v) is 10.4. The molecule has 0 radical (unpaired) electrons. The molecule has 1 nitrogen and oxygen atoms in total. The second-order valence-corrected chi connectivity index (χ2v) is 13.3. The van der Waals surface area contributed by atoms with Crippen LogP contribution in [0.4, 0.5) is 17.1 Å². The van der Waals surface area contributed by atoms with Crippen molar-refractivity contribution in [3.05, 3.63) is 200 Å². The molecule has 0 aliphatic rings. The normalized spacial score (nSPS) is 11.5. The van der Waals surface area contributed by atoms with E-state index in [-0.39, 0.29) is 0 Å². The molecular formula is C50H33N. The van der Waals surface area contributed by atoms with Crippen LogP contribution < -0.4 is 4.90 Å². The minimum Gasteiger partial charge on any atom is -0.310 e. The van der Waals surface area contributed by atoms with Gasteiger partial charge in [-0.15, -0.1) is 0 Å². The van der Waals surface area contributed by atoms with Gasteiger partial charge in [-0.3, -0.25) is 0 Å². The molecule has 0 heterocycles. The van der Waals surface area contributed by atoms with E-state index in [1.807, 2.05) is 0 Å². The standard InChI is InChI=1S/C50H33N/c1-2-12-37-31-38(22-21-34(37)11-1)35-23-27-41(28-24-35)51(50-33-40-14-4-6-16-44(40)46-18-9-10-20-48(46)50)42-29-25-36(26-30-42)49-32-39-13-3-5-15-43(39)45-17-7-8-19-47(45)49/h1-33H. The van der Waals surface area contributed by atoms with E-state index in [0.29, 0.717) is 0 Å². The van der Waals surface area contributed by atoms with Crippen LogP contribution in [0, 0.1) is 0 Å². The fourth-order valence-corrected chi connectivity index (χ4v) is 7.90. The van der Waals surface area contributed by atoms with Crippen molar-refractivity contribution in [2.45, 2.75) is 0 Å². The van der Waals surface area contributed by atoms with E-state index in [4.69, 9.17) is 0 Å². The minimum atomic E-state index is 1.11. The Hall–Kier alpha value is -6.70. The molecule has 51 heavy (non-hydrogen) atoms. The van der Waals surface area contributed by atoms with Gasteiger partial charge in [0.2, 0.25) is 0 Å². The Kier molecular flexibility index (Phi) is 6.89. The molecular weight excluding hydrogens is 615 g/mol.